The van der Waals surface area contributed by atoms with Gasteiger partial charge in [0.1, 0.15) is 5.82 Å². The molecule has 3 aromatic rings. The van der Waals surface area contributed by atoms with Crippen molar-refractivity contribution in [2.24, 2.45) is 0 Å². The lowest BCUT2D eigenvalue weighted by molar-refractivity contribution is 0.571. The summed E-state index contributed by atoms with van der Waals surface area (Å²) in [7, 11) is -3.82. The number of benzene rings is 3. The molecule has 134 valence electrons. The Balaban J connectivity index is 2.02. The summed E-state index contributed by atoms with van der Waals surface area (Å²) in [5.41, 5.74) is 3.06. The lowest BCUT2D eigenvalue weighted by Crippen LogP contribution is -2.29. The van der Waals surface area contributed by atoms with E-state index in [9.17, 15) is 12.8 Å². The first-order valence-electron chi connectivity index (χ1n) is 8.27. The van der Waals surface area contributed by atoms with Gasteiger partial charge in [-0.1, -0.05) is 60.2 Å². The fraction of sp³-hybridized carbons (Fsp3) is 0.143. The van der Waals surface area contributed by atoms with Gasteiger partial charge in [0.25, 0.3) is 0 Å². The average Bonchev–Trinajstić information content (AvgIpc) is 2.63. The van der Waals surface area contributed by atoms with Gasteiger partial charge < -0.3 is 0 Å². The lowest BCUT2D eigenvalue weighted by Gasteiger charge is -2.20. The van der Waals surface area contributed by atoms with E-state index in [1.165, 1.54) is 18.2 Å². The predicted octanol–water partition coefficient (Wildman–Crippen LogP) is 4.51. The van der Waals surface area contributed by atoms with Crippen molar-refractivity contribution in [3.63, 3.8) is 0 Å². The van der Waals surface area contributed by atoms with Crippen LogP contribution in [0.1, 0.15) is 28.3 Å². The third kappa shape index (κ3) is 4.00. The highest BCUT2D eigenvalue weighted by Crippen LogP contribution is 2.25. The van der Waals surface area contributed by atoms with Crippen molar-refractivity contribution in [2.45, 2.75) is 24.8 Å². The Bertz CT molecular complexity index is 1000. The molecular formula is C21H20FNO2S. The maximum atomic E-state index is 13.5. The van der Waals surface area contributed by atoms with Crippen molar-refractivity contribution >= 4 is 10.0 Å². The molecule has 0 fully saturated rings. The minimum absolute atomic E-state index is 0.0458. The Hall–Kier alpha value is -2.50. The highest BCUT2D eigenvalue weighted by Gasteiger charge is 2.23. The zero-order valence-corrected chi connectivity index (χ0v) is 15.4. The Morgan fingerprint density at radius 3 is 2.08 bits per heavy atom. The van der Waals surface area contributed by atoms with Gasteiger partial charge in [0, 0.05) is 0 Å². The molecule has 3 aromatic carbocycles. The Labute approximate surface area is 153 Å². The van der Waals surface area contributed by atoms with Crippen LogP contribution in [-0.2, 0) is 10.0 Å². The lowest BCUT2D eigenvalue weighted by atomic mass is 9.99. The molecule has 0 aromatic heterocycles. The molecule has 0 radical (unpaired) electrons. The molecule has 0 heterocycles. The van der Waals surface area contributed by atoms with Gasteiger partial charge in [0.05, 0.1) is 10.9 Å². The van der Waals surface area contributed by atoms with E-state index in [1.54, 1.807) is 6.92 Å². The molecule has 3 nitrogen and oxygen atoms in total. The van der Waals surface area contributed by atoms with Crippen molar-refractivity contribution < 1.29 is 12.8 Å². The SMILES string of the molecule is Cc1ccc([C@H](NS(=O)(=O)c2ccc(F)c(C)c2)c2ccccc2)cc1. The summed E-state index contributed by atoms with van der Waals surface area (Å²) in [6, 6.07) is 20.3. The highest BCUT2D eigenvalue weighted by atomic mass is 32.2. The molecule has 3 rings (SSSR count). The Kier molecular flexibility index (Phi) is 5.20. The second-order valence-electron chi connectivity index (χ2n) is 6.29. The van der Waals surface area contributed by atoms with E-state index in [4.69, 9.17) is 0 Å². The van der Waals surface area contributed by atoms with Crippen LogP contribution in [0.2, 0.25) is 0 Å². The summed E-state index contributed by atoms with van der Waals surface area (Å²) in [4.78, 5) is 0.0458. The largest absolute Gasteiger partial charge is 0.241 e. The van der Waals surface area contributed by atoms with E-state index >= 15 is 0 Å². The van der Waals surface area contributed by atoms with Gasteiger partial charge in [-0.15, -0.1) is 0 Å². The Morgan fingerprint density at radius 1 is 0.846 bits per heavy atom. The van der Waals surface area contributed by atoms with E-state index in [-0.39, 0.29) is 4.90 Å². The molecular weight excluding hydrogens is 349 g/mol. The third-order valence-corrected chi connectivity index (χ3v) is 5.68. The first kappa shape index (κ1) is 18.3. The predicted molar refractivity (Wildman–Crippen MR) is 101 cm³/mol. The summed E-state index contributed by atoms with van der Waals surface area (Å²) in [6.45, 7) is 3.52. The number of aryl methyl sites for hydroxylation is 2. The molecule has 1 N–H and O–H groups in total. The van der Waals surface area contributed by atoms with Crippen molar-refractivity contribution in [3.05, 3.63) is 101 Å². The van der Waals surface area contributed by atoms with E-state index in [1.807, 2.05) is 61.5 Å². The summed E-state index contributed by atoms with van der Waals surface area (Å²) < 4.78 is 42.0. The van der Waals surface area contributed by atoms with Gasteiger partial charge in [-0.3, -0.25) is 0 Å². The second kappa shape index (κ2) is 7.40. The molecule has 1 atom stereocenters. The standard InChI is InChI=1S/C21H20FNO2S/c1-15-8-10-18(11-9-15)21(17-6-4-3-5-7-17)23-26(24,25)19-12-13-20(22)16(2)14-19/h3-14,21,23H,1-2H3/t21-/m1/s1. The highest BCUT2D eigenvalue weighted by molar-refractivity contribution is 7.89. The molecule has 0 aliphatic carbocycles. The molecule has 0 spiro atoms. The number of halogens is 1. The molecule has 0 saturated heterocycles. The van der Waals surface area contributed by atoms with Crippen molar-refractivity contribution in [1.82, 2.24) is 4.72 Å². The molecule has 0 amide bonds. The fourth-order valence-electron chi connectivity index (χ4n) is 2.74. The number of nitrogens with one attached hydrogen (secondary N) is 1. The van der Waals surface area contributed by atoms with E-state index in [0.29, 0.717) is 5.56 Å². The molecule has 26 heavy (non-hydrogen) atoms. The topological polar surface area (TPSA) is 46.2 Å². The first-order valence-corrected chi connectivity index (χ1v) is 9.75. The number of sulfonamides is 1. The smallest absolute Gasteiger partial charge is 0.207 e. The fourth-order valence-corrected chi connectivity index (χ4v) is 4.04. The summed E-state index contributed by atoms with van der Waals surface area (Å²) in [5.74, 6) is -0.429. The second-order valence-corrected chi connectivity index (χ2v) is 8.00. The zero-order valence-electron chi connectivity index (χ0n) is 14.6. The van der Waals surface area contributed by atoms with E-state index in [0.717, 1.165) is 16.7 Å². The number of hydrogen-bond donors (Lipinski definition) is 1. The maximum absolute atomic E-state index is 13.5. The van der Waals surface area contributed by atoms with Crippen LogP contribution in [-0.4, -0.2) is 8.42 Å². The molecule has 0 aliphatic rings. The maximum Gasteiger partial charge on any atom is 0.241 e. The summed E-state index contributed by atoms with van der Waals surface area (Å²) >= 11 is 0. The monoisotopic (exact) mass is 369 g/mol. The minimum atomic E-state index is -3.82. The van der Waals surface area contributed by atoms with Gasteiger partial charge in [0.15, 0.2) is 0 Å². The van der Waals surface area contributed by atoms with Crippen molar-refractivity contribution in [1.29, 1.82) is 0 Å². The van der Waals surface area contributed by atoms with Gasteiger partial charge in [0.2, 0.25) is 10.0 Å². The van der Waals surface area contributed by atoms with Gasteiger partial charge in [-0.2, -0.15) is 4.72 Å². The van der Waals surface area contributed by atoms with Gasteiger partial charge >= 0.3 is 0 Å². The molecule has 5 heteroatoms. The minimum Gasteiger partial charge on any atom is -0.207 e. The quantitative estimate of drug-likeness (QED) is 0.719. The normalized spacial score (nSPS) is 12.7. The van der Waals surface area contributed by atoms with Crippen molar-refractivity contribution in [3.8, 4) is 0 Å². The molecule has 0 saturated carbocycles. The van der Waals surface area contributed by atoms with Crippen LogP contribution in [0.15, 0.2) is 77.7 Å². The average molecular weight is 369 g/mol. The number of hydrogen-bond acceptors (Lipinski definition) is 2. The first-order chi connectivity index (χ1) is 12.4. The van der Waals surface area contributed by atoms with Gasteiger partial charge in [-0.05, 0) is 48.7 Å². The van der Waals surface area contributed by atoms with E-state index < -0.39 is 21.9 Å². The molecule has 0 aliphatic heterocycles. The zero-order chi connectivity index (χ0) is 18.7. The van der Waals surface area contributed by atoms with Crippen LogP contribution < -0.4 is 4.72 Å². The van der Waals surface area contributed by atoms with E-state index in [2.05, 4.69) is 4.72 Å². The van der Waals surface area contributed by atoms with Crippen LogP contribution in [0, 0.1) is 19.7 Å². The number of rotatable bonds is 5. The van der Waals surface area contributed by atoms with Crippen molar-refractivity contribution in [2.75, 3.05) is 0 Å². The summed E-state index contributed by atoms with van der Waals surface area (Å²) in [5, 5.41) is 0. The van der Waals surface area contributed by atoms with Crippen LogP contribution in [0.3, 0.4) is 0 Å². The van der Waals surface area contributed by atoms with Gasteiger partial charge in [-0.25, -0.2) is 12.8 Å². The van der Waals surface area contributed by atoms with Crippen LogP contribution in [0.5, 0.6) is 0 Å². The molecule has 0 bridgehead atoms. The van der Waals surface area contributed by atoms with Crippen LogP contribution >= 0.6 is 0 Å². The van der Waals surface area contributed by atoms with Crippen LogP contribution in [0.25, 0.3) is 0 Å². The summed E-state index contributed by atoms with van der Waals surface area (Å²) in [6.07, 6.45) is 0. The Morgan fingerprint density at radius 2 is 1.46 bits per heavy atom. The molecule has 0 unspecified atom stereocenters. The van der Waals surface area contributed by atoms with Crippen LogP contribution in [0.4, 0.5) is 4.39 Å². The third-order valence-electron chi connectivity index (χ3n) is 4.26.